The van der Waals surface area contributed by atoms with Gasteiger partial charge in [0, 0.05) is 27.5 Å². The second-order valence-electron chi connectivity index (χ2n) is 18.0. The fourth-order valence-corrected chi connectivity index (χ4v) is 11.3. The molecule has 0 amide bonds. The third kappa shape index (κ3) is 5.79. The molecule has 0 fully saturated rings. The summed E-state index contributed by atoms with van der Waals surface area (Å²) in [6, 6.07) is 87.3. The van der Waals surface area contributed by atoms with Gasteiger partial charge in [-0.15, -0.1) is 0 Å². The highest BCUT2D eigenvalue weighted by Crippen LogP contribution is 2.64. The van der Waals surface area contributed by atoms with E-state index in [1.54, 1.807) is 0 Å². The van der Waals surface area contributed by atoms with Gasteiger partial charge >= 0.3 is 0 Å². The minimum Gasteiger partial charge on any atom is -0.456 e. The highest BCUT2D eigenvalue weighted by Gasteiger charge is 2.52. The Balaban J connectivity index is 0.918. The lowest BCUT2D eigenvalue weighted by Gasteiger charge is -2.30. The van der Waals surface area contributed by atoms with Crippen molar-refractivity contribution in [1.29, 1.82) is 0 Å². The summed E-state index contributed by atoms with van der Waals surface area (Å²) in [5.41, 5.74) is 23.5. The zero-order valence-electron chi connectivity index (χ0n) is 36.9. The Bertz CT molecular complexity index is 3910. The summed E-state index contributed by atoms with van der Waals surface area (Å²) in [5, 5.41) is 2.11. The quantitative estimate of drug-likeness (QED) is 0.167. The molecule has 0 unspecified atom stereocenters. The zero-order chi connectivity index (χ0) is 44.8. The van der Waals surface area contributed by atoms with E-state index in [1.165, 1.54) is 55.6 Å². The van der Waals surface area contributed by atoms with Crippen LogP contribution in [0.5, 0.6) is 0 Å². The average molecular weight is 865 g/mol. The van der Waals surface area contributed by atoms with E-state index in [9.17, 15) is 0 Å². The lowest BCUT2D eigenvalue weighted by Crippen LogP contribution is -2.25. The Hall–Kier alpha value is -8.92. The lowest BCUT2D eigenvalue weighted by molar-refractivity contribution is 0.669. The first kappa shape index (κ1) is 38.4. The normalized spacial score (nSPS) is 12.8. The largest absolute Gasteiger partial charge is 0.456 e. The molecule has 0 saturated carbocycles. The Kier molecular flexibility index (Phi) is 8.50. The maximum atomic E-state index is 6.59. The fraction of sp³-hybridized carbons (Fsp3) is 0.0154. The maximum Gasteiger partial charge on any atom is 0.160 e. The molecular weight excluding hydrogens is 825 g/mol. The molecule has 10 aromatic carbocycles. The van der Waals surface area contributed by atoms with Crippen molar-refractivity contribution in [3.05, 3.63) is 265 Å². The second-order valence-corrected chi connectivity index (χ2v) is 18.0. The van der Waals surface area contributed by atoms with E-state index in [0.29, 0.717) is 5.82 Å². The first-order valence-corrected chi connectivity index (χ1v) is 23.3. The molecule has 12 aromatic rings. The molecule has 3 heteroatoms. The average Bonchev–Trinajstić information content (AvgIpc) is 4.05. The van der Waals surface area contributed by atoms with Gasteiger partial charge in [-0.25, -0.2) is 9.97 Å². The Morgan fingerprint density at radius 1 is 0.279 bits per heavy atom. The van der Waals surface area contributed by atoms with Gasteiger partial charge in [0.15, 0.2) is 5.82 Å². The van der Waals surface area contributed by atoms with Crippen molar-refractivity contribution in [1.82, 2.24) is 9.97 Å². The predicted octanol–water partition coefficient (Wildman–Crippen LogP) is 16.7. The van der Waals surface area contributed by atoms with Gasteiger partial charge in [-0.2, -0.15) is 0 Å². The summed E-state index contributed by atoms with van der Waals surface area (Å²) in [6.45, 7) is 0. The number of aromatic nitrogens is 2. The van der Waals surface area contributed by atoms with Crippen LogP contribution in [0.1, 0.15) is 22.3 Å². The monoisotopic (exact) mass is 864 g/mol. The Morgan fingerprint density at radius 2 is 0.721 bits per heavy atom. The summed E-state index contributed by atoms with van der Waals surface area (Å²) < 4.78 is 6.59. The third-order valence-corrected chi connectivity index (χ3v) is 14.3. The van der Waals surface area contributed by atoms with Crippen LogP contribution < -0.4 is 0 Å². The lowest BCUT2D eigenvalue weighted by atomic mass is 9.70. The van der Waals surface area contributed by atoms with E-state index >= 15 is 0 Å². The summed E-state index contributed by atoms with van der Waals surface area (Å²) in [4.78, 5) is 10.6. The van der Waals surface area contributed by atoms with E-state index in [4.69, 9.17) is 14.4 Å². The van der Waals surface area contributed by atoms with Crippen LogP contribution in [-0.2, 0) is 5.41 Å². The van der Waals surface area contributed by atoms with Crippen LogP contribution in [0, 0.1) is 0 Å². The molecule has 0 saturated heterocycles. The molecule has 0 bridgehead atoms. The van der Waals surface area contributed by atoms with E-state index in [-0.39, 0.29) is 0 Å². The smallest absolute Gasteiger partial charge is 0.160 e. The highest BCUT2D eigenvalue weighted by atomic mass is 16.3. The first-order chi connectivity index (χ1) is 33.7. The molecule has 68 heavy (non-hydrogen) atoms. The van der Waals surface area contributed by atoms with Gasteiger partial charge in [0.1, 0.15) is 11.2 Å². The van der Waals surface area contributed by atoms with Crippen molar-refractivity contribution >= 4 is 21.9 Å². The summed E-state index contributed by atoms with van der Waals surface area (Å²) in [7, 11) is 0. The SMILES string of the molecule is c1ccc(-c2ccc(-c3cc(-c4ccc5oc6ccc(-c7cccc8c7-c7ccccc7C87c8ccccc8-c8ccccc87)cc6c5c4)nc(-c4cccc(-c5ccccc5)c4)n3)cc2)cc1. The first-order valence-electron chi connectivity index (χ1n) is 23.3. The Labute approximate surface area is 394 Å². The van der Waals surface area contributed by atoms with Gasteiger partial charge in [0.05, 0.1) is 16.8 Å². The third-order valence-electron chi connectivity index (χ3n) is 14.3. The van der Waals surface area contributed by atoms with Crippen LogP contribution in [0.25, 0.3) is 111 Å². The van der Waals surface area contributed by atoms with Gasteiger partial charge in [-0.05, 0) is 120 Å². The summed E-state index contributed by atoms with van der Waals surface area (Å²) in [5.74, 6) is 0.672. The molecule has 2 aromatic heterocycles. The summed E-state index contributed by atoms with van der Waals surface area (Å²) in [6.07, 6.45) is 0. The number of furan rings is 1. The van der Waals surface area contributed by atoms with E-state index < -0.39 is 5.41 Å². The van der Waals surface area contributed by atoms with Crippen LogP contribution in [0.3, 0.4) is 0 Å². The number of nitrogens with zero attached hydrogens (tertiary/aromatic N) is 2. The molecule has 0 radical (unpaired) electrons. The van der Waals surface area contributed by atoms with Gasteiger partial charge in [0.25, 0.3) is 0 Å². The molecule has 14 rings (SSSR count). The molecule has 0 atom stereocenters. The van der Waals surface area contributed by atoms with Crippen molar-refractivity contribution in [3.63, 3.8) is 0 Å². The number of benzene rings is 10. The standard InChI is InChI=1S/C65H40N2O/c1-3-15-41(16-4-1)43-29-31-44(32-30-43)59-40-60(67-64(66-59)48-20-13-19-45(37-48)42-17-5-2-6-18-42)47-34-36-62-54(39-47)53-38-46(33-35-61(53)68-62)49-24-14-28-58-63(49)52-23-9-12-27-57(52)65(58)55-25-10-7-21-50(55)51-22-8-11-26-56(51)65/h1-40H. The minimum atomic E-state index is -0.404. The Morgan fingerprint density at radius 3 is 1.40 bits per heavy atom. The minimum absolute atomic E-state index is 0.404. The van der Waals surface area contributed by atoms with Crippen LogP contribution >= 0.6 is 0 Å². The highest BCUT2D eigenvalue weighted by molar-refractivity contribution is 6.09. The number of rotatable bonds is 6. The molecule has 3 nitrogen and oxygen atoms in total. The molecule has 1 spiro atoms. The van der Waals surface area contributed by atoms with E-state index in [2.05, 4.69) is 231 Å². The predicted molar refractivity (Wildman–Crippen MR) is 278 cm³/mol. The molecule has 0 aliphatic heterocycles. The van der Waals surface area contributed by atoms with Crippen LogP contribution in [0.4, 0.5) is 0 Å². The fourth-order valence-electron chi connectivity index (χ4n) is 11.3. The van der Waals surface area contributed by atoms with E-state index in [0.717, 1.165) is 72.3 Å². The van der Waals surface area contributed by atoms with Gasteiger partial charge in [-0.3, -0.25) is 0 Å². The van der Waals surface area contributed by atoms with Crippen LogP contribution in [-0.4, -0.2) is 9.97 Å². The van der Waals surface area contributed by atoms with Crippen molar-refractivity contribution in [2.75, 3.05) is 0 Å². The number of hydrogen-bond donors (Lipinski definition) is 0. The molecule has 316 valence electrons. The van der Waals surface area contributed by atoms with Crippen molar-refractivity contribution in [3.8, 4) is 89.5 Å². The molecular formula is C65H40N2O. The summed E-state index contributed by atoms with van der Waals surface area (Å²) >= 11 is 0. The molecule has 0 N–H and O–H groups in total. The van der Waals surface area contributed by atoms with Crippen LogP contribution in [0.2, 0.25) is 0 Å². The second kappa shape index (κ2) is 15.1. The maximum absolute atomic E-state index is 6.59. The van der Waals surface area contributed by atoms with Gasteiger partial charge in [-0.1, -0.05) is 200 Å². The van der Waals surface area contributed by atoms with Crippen molar-refractivity contribution < 1.29 is 4.42 Å². The van der Waals surface area contributed by atoms with Gasteiger partial charge in [0.2, 0.25) is 0 Å². The van der Waals surface area contributed by atoms with Crippen LogP contribution in [0.15, 0.2) is 247 Å². The molecule has 2 aliphatic rings. The van der Waals surface area contributed by atoms with Gasteiger partial charge < -0.3 is 4.42 Å². The number of fused-ring (bicyclic) bond motifs is 13. The zero-order valence-corrected chi connectivity index (χ0v) is 36.9. The molecule has 2 heterocycles. The van der Waals surface area contributed by atoms with E-state index in [1.807, 2.05) is 12.1 Å². The number of hydrogen-bond acceptors (Lipinski definition) is 3. The topological polar surface area (TPSA) is 38.9 Å². The van der Waals surface area contributed by atoms with Crippen molar-refractivity contribution in [2.24, 2.45) is 0 Å². The molecule has 2 aliphatic carbocycles. The van der Waals surface area contributed by atoms with Crippen molar-refractivity contribution in [2.45, 2.75) is 5.41 Å².